The zero-order chi connectivity index (χ0) is 24.6. The second-order valence-electron chi connectivity index (χ2n) is 7.62. The van der Waals surface area contributed by atoms with Crippen molar-refractivity contribution in [2.24, 2.45) is 0 Å². The van der Waals surface area contributed by atoms with Gasteiger partial charge in [0.05, 0.1) is 19.0 Å². The molecule has 0 aliphatic carbocycles. The van der Waals surface area contributed by atoms with Gasteiger partial charge >= 0.3 is 5.97 Å². The summed E-state index contributed by atoms with van der Waals surface area (Å²) < 4.78 is 10.6. The van der Waals surface area contributed by atoms with Crippen LogP contribution in [0.2, 0.25) is 0 Å². The number of aromatic amines is 1. The van der Waals surface area contributed by atoms with Crippen molar-refractivity contribution in [2.45, 2.75) is 12.5 Å². The number of amides is 2. The summed E-state index contributed by atoms with van der Waals surface area (Å²) in [5.74, 6) is -0.885. The van der Waals surface area contributed by atoms with Gasteiger partial charge in [0.25, 0.3) is 11.8 Å². The molecule has 0 aliphatic heterocycles. The standard InChI is InChI=1S/C26H24N4O5/c1-34-19-13-11-18(12-14-19)28-26(33)24(17-7-3-2-4-8-17)35-22(31)15-16-27-25(32)23-20-9-5-6-10-21(20)29-30-23/h2-14,24H,15-16H2,1H3,(H,27,32)(H,28,33)(H,29,30). The molecule has 0 radical (unpaired) electrons. The summed E-state index contributed by atoms with van der Waals surface area (Å²) in [6.45, 7) is 0.0282. The van der Waals surface area contributed by atoms with E-state index in [4.69, 9.17) is 9.47 Å². The van der Waals surface area contributed by atoms with Crippen molar-refractivity contribution in [1.29, 1.82) is 0 Å². The number of nitrogens with one attached hydrogen (secondary N) is 3. The van der Waals surface area contributed by atoms with Crippen molar-refractivity contribution >= 4 is 34.4 Å². The molecular formula is C26H24N4O5. The first-order valence-corrected chi connectivity index (χ1v) is 11.0. The Kier molecular flexibility index (Phi) is 7.37. The van der Waals surface area contributed by atoms with E-state index in [2.05, 4.69) is 20.8 Å². The molecule has 4 rings (SSSR count). The Morgan fingerprint density at radius 3 is 2.40 bits per heavy atom. The number of aromatic nitrogens is 2. The molecule has 0 bridgehead atoms. The SMILES string of the molecule is COc1ccc(NC(=O)C(OC(=O)CCNC(=O)c2n[nH]c3ccccc23)c2ccccc2)cc1. The van der Waals surface area contributed by atoms with Crippen LogP contribution >= 0.6 is 0 Å². The van der Waals surface area contributed by atoms with Gasteiger partial charge in [-0.3, -0.25) is 19.5 Å². The third-order valence-electron chi connectivity index (χ3n) is 5.25. The lowest BCUT2D eigenvalue weighted by Crippen LogP contribution is -2.29. The number of nitrogens with zero attached hydrogens (tertiary/aromatic N) is 1. The lowest BCUT2D eigenvalue weighted by atomic mass is 10.1. The summed E-state index contributed by atoms with van der Waals surface area (Å²) in [6, 6.07) is 22.8. The number of benzene rings is 3. The maximum atomic E-state index is 13.0. The zero-order valence-electron chi connectivity index (χ0n) is 19.0. The third-order valence-corrected chi connectivity index (χ3v) is 5.25. The van der Waals surface area contributed by atoms with Crippen molar-refractivity contribution in [3.8, 4) is 5.75 Å². The van der Waals surface area contributed by atoms with Gasteiger partial charge in [0.1, 0.15) is 5.75 Å². The fraction of sp³-hybridized carbons (Fsp3) is 0.154. The number of ether oxygens (including phenoxy) is 2. The average molecular weight is 473 g/mol. The molecule has 1 heterocycles. The molecule has 1 unspecified atom stereocenters. The van der Waals surface area contributed by atoms with Gasteiger partial charge in [-0.2, -0.15) is 5.10 Å². The molecule has 0 fully saturated rings. The van der Waals surface area contributed by atoms with Crippen LogP contribution in [0.1, 0.15) is 28.6 Å². The molecule has 1 aromatic heterocycles. The van der Waals surface area contributed by atoms with E-state index in [0.29, 0.717) is 22.4 Å². The molecule has 4 aromatic rings. The fourth-order valence-corrected chi connectivity index (χ4v) is 3.47. The van der Waals surface area contributed by atoms with E-state index in [9.17, 15) is 14.4 Å². The lowest BCUT2D eigenvalue weighted by molar-refractivity contribution is -0.154. The van der Waals surface area contributed by atoms with Crippen LogP contribution in [0.15, 0.2) is 78.9 Å². The Balaban J connectivity index is 1.37. The van der Waals surface area contributed by atoms with Crippen molar-refractivity contribution in [3.05, 3.63) is 90.1 Å². The number of rotatable bonds is 9. The number of anilines is 1. The van der Waals surface area contributed by atoms with Crippen LogP contribution in [0.25, 0.3) is 10.9 Å². The molecule has 9 heteroatoms. The maximum absolute atomic E-state index is 13.0. The molecule has 0 saturated carbocycles. The average Bonchev–Trinajstić information content (AvgIpc) is 3.32. The predicted octanol–water partition coefficient (Wildman–Crippen LogP) is 3.61. The van der Waals surface area contributed by atoms with Gasteiger partial charge in [-0.05, 0) is 30.3 Å². The highest BCUT2D eigenvalue weighted by Crippen LogP contribution is 2.22. The van der Waals surface area contributed by atoms with Crippen LogP contribution in [-0.2, 0) is 14.3 Å². The molecule has 2 amide bonds. The molecule has 0 aliphatic rings. The zero-order valence-corrected chi connectivity index (χ0v) is 19.0. The number of H-pyrrole nitrogens is 1. The Hall–Kier alpha value is -4.66. The van der Waals surface area contributed by atoms with Crippen LogP contribution in [0.4, 0.5) is 5.69 Å². The molecule has 178 valence electrons. The minimum Gasteiger partial charge on any atom is -0.497 e. The van der Waals surface area contributed by atoms with Crippen LogP contribution in [-0.4, -0.2) is 41.6 Å². The van der Waals surface area contributed by atoms with Crippen molar-refractivity contribution in [2.75, 3.05) is 19.0 Å². The van der Waals surface area contributed by atoms with Gasteiger partial charge in [0, 0.05) is 23.2 Å². The monoisotopic (exact) mass is 472 g/mol. The van der Waals surface area contributed by atoms with Gasteiger partial charge in [0.15, 0.2) is 5.69 Å². The normalized spacial score (nSPS) is 11.5. The molecular weight excluding hydrogens is 448 g/mol. The summed E-state index contributed by atoms with van der Waals surface area (Å²) in [4.78, 5) is 38.0. The summed E-state index contributed by atoms with van der Waals surface area (Å²) in [7, 11) is 1.55. The van der Waals surface area contributed by atoms with Gasteiger partial charge in [-0.1, -0.05) is 48.5 Å². The summed E-state index contributed by atoms with van der Waals surface area (Å²) >= 11 is 0. The molecule has 35 heavy (non-hydrogen) atoms. The van der Waals surface area contributed by atoms with E-state index in [1.54, 1.807) is 67.8 Å². The molecule has 3 N–H and O–H groups in total. The van der Waals surface area contributed by atoms with E-state index < -0.39 is 23.9 Å². The maximum Gasteiger partial charge on any atom is 0.308 e. The topological polar surface area (TPSA) is 122 Å². The summed E-state index contributed by atoms with van der Waals surface area (Å²) in [5, 5.41) is 12.9. The summed E-state index contributed by atoms with van der Waals surface area (Å²) in [6.07, 6.45) is -1.27. The number of esters is 1. The smallest absolute Gasteiger partial charge is 0.308 e. The minimum atomic E-state index is -1.16. The molecule has 9 nitrogen and oxygen atoms in total. The second-order valence-corrected chi connectivity index (χ2v) is 7.62. The number of hydrogen-bond donors (Lipinski definition) is 3. The minimum absolute atomic E-state index is 0.0282. The van der Waals surface area contributed by atoms with Crippen LogP contribution in [0.3, 0.4) is 0 Å². The number of carbonyl (C=O) groups is 3. The van der Waals surface area contributed by atoms with E-state index in [1.165, 1.54) is 0 Å². The molecule has 0 spiro atoms. The first-order valence-electron chi connectivity index (χ1n) is 11.0. The Morgan fingerprint density at radius 2 is 1.66 bits per heavy atom. The third kappa shape index (κ3) is 5.83. The first-order chi connectivity index (χ1) is 17.0. The quantitative estimate of drug-likeness (QED) is 0.320. The Labute approximate surface area is 201 Å². The second kappa shape index (κ2) is 11.0. The lowest BCUT2D eigenvalue weighted by Gasteiger charge is -2.18. The van der Waals surface area contributed by atoms with E-state index in [-0.39, 0.29) is 18.7 Å². The van der Waals surface area contributed by atoms with Crippen LogP contribution in [0.5, 0.6) is 5.75 Å². The number of methoxy groups -OCH3 is 1. The van der Waals surface area contributed by atoms with Crippen LogP contribution in [0, 0.1) is 0 Å². The highest BCUT2D eigenvalue weighted by Gasteiger charge is 2.25. The van der Waals surface area contributed by atoms with E-state index in [0.717, 1.165) is 5.52 Å². The predicted molar refractivity (Wildman–Crippen MR) is 130 cm³/mol. The van der Waals surface area contributed by atoms with Crippen molar-refractivity contribution in [1.82, 2.24) is 15.5 Å². The summed E-state index contributed by atoms with van der Waals surface area (Å²) in [5.41, 5.74) is 2.05. The van der Waals surface area contributed by atoms with Crippen molar-refractivity contribution in [3.63, 3.8) is 0 Å². The van der Waals surface area contributed by atoms with E-state index in [1.807, 2.05) is 18.2 Å². The van der Waals surface area contributed by atoms with Gasteiger partial charge in [0.2, 0.25) is 6.10 Å². The largest absolute Gasteiger partial charge is 0.497 e. The Morgan fingerprint density at radius 1 is 0.943 bits per heavy atom. The Bertz CT molecular complexity index is 1320. The van der Waals surface area contributed by atoms with Gasteiger partial charge < -0.3 is 20.1 Å². The molecule has 3 aromatic carbocycles. The van der Waals surface area contributed by atoms with Gasteiger partial charge in [-0.15, -0.1) is 0 Å². The fourth-order valence-electron chi connectivity index (χ4n) is 3.47. The number of carbonyl (C=O) groups excluding carboxylic acids is 3. The van der Waals surface area contributed by atoms with Crippen molar-refractivity contribution < 1.29 is 23.9 Å². The highest BCUT2D eigenvalue weighted by molar-refractivity contribution is 6.04. The highest BCUT2D eigenvalue weighted by atomic mass is 16.5. The number of fused-ring (bicyclic) bond motifs is 1. The number of para-hydroxylation sites is 1. The van der Waals surface area contributed by atoms with E-state index >= 15 is 0 Å². The molecule has 1 atom stereocenters. The van der Waals surface area contributed by atoms with Crippen LogP contribution < -0.4 is 15.4 Å². The van der Waals surface area contributed by atoms with Gasteiger partial charge in [-0.25, -0.2) is 0 Å². The first kappa shape index (κ1) is 23.5. The number of hydrogen-bond acceptors (Lipinski definition) is 6. The molecule has 0 saturated heterocycles.